The van der Waals surface area contributed by atoms with Gasteiger partial charge in [-0.15, -0.1) is 10.2 Å². The number of rotatable bonds is 5. The fraction of sp³-hybridized carbons (Fsp3) is 0.273. The van der Waals surface area contributed by atoms with Crippen LogP contribution in [0.2, 0.25) is 0 Å². The van der Waals surface area contributed by atoms with Gasteiger partial charge in [-0.25, -0.2) is 13.1 Å². The maximum atomic E-state index is 10.9. The summed E-state index contributed by atoms with van der Waals surface area (Å²) in [6, 6.07) is 9.39. The van der Waals surface area contributed by atoms with Crippen molar-refractivity contribution in [2.24, 2.45) is 0 Å². The SMILES string of the molecule is CS(=O)(=O)NCCc1nnc(-c2ccccc2)o1. The van der Waals surface area contributed by atoms with E-state index in [0.29, 0.717) is 18.2 Å². The van der Waals surface area contributed by atoms with E-state index in [4.69, 9.17) is 4.42 Å². The van der Waals surface area contributed by atoms with Gasteiger partial charge in [0.1, 0.15) is 0 Å². The van der Waals surface area contributed by atoms with Crippen molar-refractivity contribution in [1.82, 2.24) is 14.9 Å². The second kappa shape index (κ2) is 5.28. The zero-order valence-electron chi connectivity index (χ0n) is 9.83. The molecule has 0 bridgehead atoms. The van der Waals surface area contributed by atoms with E-state index in [9.17, 15) is 8.42 Å². The maximum absolute atomic E-state index is 10.9. The number of hydrogen-bond acceptors (Lipinski definition) is 5. The molecule has 0 saturated heterocycles. The first-order valence-electron chi connectivity index (χ1n) is 5.37. The predicted molar refractivity (Wildman–Crippen MR) is 66.3 cm³/mol. The van der Waals surface area contributed by atoms with Crippen molar-refractivity contribution in [3.8, 4) is 11.5 Å². The summed E-state index contributed by atoms with van der Waals surface area (Å²) in [5, 5.41) is 7.77. The summed E-state index contributed by atoms with van der Waals surface area (Å²) < 4.78 is 29.5. The van der Waals surface area contributed by atoms with Crippen molar-refractivity contribution in [3.05, 3.63) is 36.2 Å². The molecule has 0 radical (unpaired) electrons. The van der Waals surface area contributed by atoms with Crippen molar-refractivity contribution in [2.75, 3.05) is 12.8 Å². The van der Waals surface area contributed by atoms with E-state index in [1.165, 1.54) is 0 Å². The molecule has 7 heteroatoms. The molecule has 0 fully saturated rings. The summed E-state index contributed by atoms with van der Waals surface area (Å²) in [4.78, 5) is 0. The molecule has 1 N–H and O–H groups in total. The zero-order chi connectivity index (χ0) is 13.0. The third-order valence-corrected chi connectivity index (χ3v) is 2.92. The summed E-state index contributed by atoms with van der Waals surface area (Å²) >= 11 is 0. The smallest absolute Gasteiger partial charge is 0.247 e. The lowest BCUT2D eigenvalue weighted by molar-refractivity contribution is 0.502. The van der Waals surface area contributed by atoms with Crippen LogP contribution in [0.3, 0.4) is 0 Å². The predicted octanol–water partition coefficient (Wildman–Crippen LogP) is 0.828. The van der Waals surface area contributed by atoms with E-state index in [2.05, 4.69) is 14.9 Å². The van der Waals surface area contributed by atoms with Gasteiger partial charge in [0, 0.05) is 18.5 Å². The van der Waals surface area contributed by atoms with Gasteiger partial charge in [0.05, 0.1) is 6.26 Å². The highest BCUT2D eigenvalue weighted by atomic mass is 32.2. The first-order chi connectivity index (χ1) is 8.54. The van der Waals surface area contributed by atoms with Gasteiger partial charge >= 0.3 is 0 Å². The minimum absolute atomic E-state index is 0.245. The molecule has 1 heterocycles. The monoisotopic (exact) mass is 267 g/mol. The molecule has 0 atom stereocenters. The van der Waals surface area contributed by atoms with Crippen molar-refractivity contribution in [3.63, 3.8) is 0 Å². The fourth-order valence-corrected chi connectivity index (χ4v) is 1.87. The van der Waals surface area contributed by atoms with Crippen molar-refractivity contribution in [2.45, 2.75) is 6.42 Å². The number of nitrogens with one attached hydrogen (secondary N) is 1. The average Bonchev–Trinajstić information content (AvgIpc) is 2.77. The van der Waals surface area contributed by atoms with Gasteiger partial charge in [0.2, 0.25) is 21.8 Å². The van der Waals surface area contributed by atoms with Gasteiger partial charge in [0.15, 0.2) is 0 Å². The van der Waals surface area contributed by atoms with E-state index >= 15 is 0 Å². The Morgan fingerprint density at radius 1 is 1.22 bits per heavy atom. The number of nitrogens with zero attached hydrogens (tertiary/aromatic N) is 2. The van der Waals surface area contributed by atoms with E-state index in [0.717, 1.165) is 11.8 Å². The molecule has 18 heavy (non-hydrogen) atoms. The molecular formula is C11H13N3O3S. The number of aromatic nitrogens is 2. The minimum atomic E-state index is -3.18. The molecule has 0 aliphatic rings. The van der Waals surface area contributed by atoms with Crippen molar-refractivity contribution in [1.29, 1.82) is 0 Å². The Labute approximate surface area is 105 Å². The van der Waals surface area contributed by atoms with E-state index in [1.807, 2.05) is 30.3 Å². The number of benzene rings is 1. The maximum Gasteiger partial charge on any atom is 0.247 e. The topological polar surface area (TPSA) is 85.1 Å². The van der Waals surface area contributed by atoms with Gasteiger partial charge in [-0.3, -0.25) is 0 Å². The first kappa shape index (κ1) is 12.7. The van der Waals surface area contributed by atoms with Crippen LogP contribution in [-0.4, -0.2) is 31.4 Å². The lowest BCUT2D eigenvalue weighted by atomic mass is 10.2. The zero-order valence-corrected chi connectivity index (χ0v) is 10.6. The molecule has 0 unspecified atom stereocenters. The van der Waals surface area contributed by atoms with Gasteiger partial charge in [0.25, 0.3) is 0 Å². The summed E-state index contributed by atoms with van der Waals surface area (Å²) in [7, 11) is -3.18. The molecule has 2 aromatic rings. The molecule has 0 spiro atoms. The molecule has 1 aromatic heterocycles. The molecule has 0 aliphatic carbocycles. The largest absolute Gasteiger partial charge is 0.421 e. The highest BCUT2D eigenvalue weighted by Crippen LogP contribution is 2.16. The quantitative estimate of drug-likeness (QED) is 0.867. The second-order valence-electron chi connectivity index (χ2n) is 3.78. The van der Waals surface area contributed by atoms with Gasteiger partial charge in [-0.1, -0.05) is 18.2 Å². The van der Waals surface area contributed by atoms with Crippen LogP contribution in [0.1, 0.15) is 5.89 Å². The van der Waals surface area contributed by atoms with Crippen LogP contribution in [0.15, 0.2) is 34.7 Å². The third-order valence-electron chi connectivity index (χ3n) is 2.19. The van der Waals surface area contributed by atoms with Crippen LogP contribution in [-0.2, 0) is 16.4 Å². The van der Waals surface area contributed by atoms with Gasteiger partial charge in [-0.2, -0.15) is 0 Å². The lowest BCUT2D eigenvalue weighted by Crippen LogP contribution is -2.24. The molecule has 96 valence electrons. The highest BCUT2D eigenvalue weighted by Gasteiger charge is 2.08. The summed E-state index contributed by atoms with van der Waals surface area (Å²) in [6.45, 7) is 0.245. The molecule has 6 nitrogen and oxygen atoms in total. The normalized spacial score (nSPS) is 11.6. The Hall–Kier alpha value is -1.73. The molecule has 0 saturated carbocycles. The molecule has 1 aromatic carbocycles. The fourth-order valence-electron chi connectivity index (χ4n) is 1.40. The van der Waals surface area contributed by atoms with E-state index < -0.39 is 10.0 Å². The van der Waals surface area contributed by atoms with Crippen molar-refractivity contribution < 1.29 is 12.8 Å². The standard InChI is InChI=1S/C11H13N3O3S/c1-18(15,16)12-8-7-10-13-14-11(17-10)9-5-3-2-4-6-9/h2-6,12H,7-8H2,1H3. The molecule has 0 amide bonds. The van der Waals surface area contributed by atoms with Gasteiger partial charge < -0.3 is 4.42 Å². The lowest BCUT2D eigenvalue weighted by Gasteiger charge is -1.98. The van der Waals surface area contributed by atoms with Crippen LogP contribution >= 0.6 is 0 Å². The second-order valence-corrected chi connectivity index (χ2v) is 5.62. The van der Waals surface area contributed by atoms with Crippen LogP contribution in [0.4, 0.5) is 0 Å². The van der Waals surface area contributed by atoms with Crippen LogP contribution in [0.25, 0.3) is 11.5 Å². The first-order valence-corrected chi connectivity index (χ1v) is 7.26. The molecule has 2 rings (SSSR count). The van der Waals surface area contributed by atoms with Crippen LogP contribution in [0.5, 0.6) is 0 Å². The Morgan fingerprint density at radius 2 is 1.94 bits per heavy atom. The summed E-state index contributed by atoms with van der Waals surface area (Å²) in [5.74, 6) is 0.843. The number of sulfonamides is 1. The van der Waals surface area contributed by atoms with Crippen LogP contribution < -0.4 is 4.72 Å². The third kappa shape index (κ3) is 3.64. The molecule has 0 aliphatic heterocycles. The summed E-state index contributed by atoms with van der Waals surface area (Å²) in [5.41, 5.74) is 0.840. The number of hydrogen-bond donors (Lipinski definition) is 1. The Balaban J connectivity index is 1.99. The van der Waals surface area contributed by atoms with Crippen molar-refractivity contribution >= 4 is 10.0 Å². The highest BCUT2D eigenvalue weighted by molar-refractivity contribution is 7.88. The van der Waals surface area contributed by atoms with Gasteiger partial charge in [-0.05, 0) is 12.1 Å². The van der Waals surface area contributed by atoms with E-state index in [-0.39, 0.29) is 6.54 Å². The van der Waals surface area contributed by atoms with Crippen LogP contribution in [0, 0.1) is 0 Å². The minimum Gasteiger partial charge on any atom is -0.421 e. The molecular weight excluding hydrogens is 254 g/mol. The Bertz CT molecular complexity index is 607. The Kier molecular flexibility index (Phi) is 3.73. The average molecular weight is 267 g/mol. The summed E-state index contributed by atoms with van der Waals surface area (Å²) in [6.07, 6.45) is 1.48. The Morgan fingerprint density at radius 3 is 2.61 bits per heavy atom. The van der Waals surface area contributed by atoms with E-state index in [1.54, 1.807) is 0 Å².